The number of aromatic amines is 1. The van der Waals surface area contributed by atoms with E-state index in [1.54, 1.807) is 24.4 Å². The van der Waals surface area contributed by atoms with Gasteiger partial charge in [-0.05, 0) is 48.6 Å². The van der Waals surface area contributed by atoms with E-state index < -0.39 is 10.0 Å². The average Bonchev–Trinajstić information content (AvgIpc) is 3.35. The summed E-state index contributed by atoms with van der Waals surface area (Å²) >= 11 is 5.67. The molecular weight excluding hydrogens is 422 g/mol. The number of aromatic nitrogens is 2. The molecule has 0 radical (unpaired) electrons. The van der Waals surface area contributed by atoms with Gasteiger partial charge in [0.15, 0.2) is 5.11 Å². The fourth-order valence-electron chi connectivity index (χ4n) is 3.59. The molecule has 0 amide bonds. The fourth-order valence-corrected chi connectivity index (χ4v) is 4.51. The van der Waals surface area contributed by atoms with E-state index >= 15 is 0 Å². The van der Waals surface area contributed by atoms with Crippen LogP contribution in [0.15, 0.2) is 60.9 Å². The predicted molar refractivity (Wildman–Crippen MR) is 120 cm³/mol. The molecule has 0 spiro atoms. The fraction of sp³-hybridized carbons (Fsp3) is 0.200. The SMILES string of the molecule is COc1cc(N2C(=S)N[C@@H](c3ccccn3)[C@H]2c2ccc[nH]2)ccc1NS(C)(=O)=O. The molecule has 1 saturated heterocycles. The van der Waals surface area contributed by atoms with Crippen LogP contribution in [0.3, 0.4) is 0 Å². The highest BCUT2D eigenvalue weighted by atomic mass is 32.2. The third kappa shape index (κ3) is 3.96. The van der Waals surface area contributed by atoms with Crippen LogP contribution in [0, 0.1) is 0 Å². The second-order valence-electron chi connectivity index (χ2n) is 6.88. The molecule has 3 aromatic rings. The first-order valence-corrected chi connectivity index (χ1v) is 11.5. The van der Waals surface area contributed by atoms with Crippen LogP contribution in [0.2, 0.25) is 0 Å². The van der Waals surface area contributed by atoms with Crippen molar-refractivity contribution in [3.8, 4) is 5.75 Å². The van der Waals surface area contributed by atoms with Crippen LogP contribution in [0.5, 0.6) is 5.75 Å². The molecule has 0 saturated carbocycles. The van der Waals surface area contributed by atoms with Gasteiger partial charge in [0.05, 0.1) is 30.8 Å². The van der Waals surface area contributed by atoms with Crippen LogP contribution in [0.4, 0.5) is 11.4 Å². The Hall–Kier alpha value is -3.11. The van der Waals surface area contributed by atoms with Gasteiger partial charge in [-0.1, -0.05) is 6.07 Å². The average molecular weight is 444 g/mol. The van der Waals surface area contributed by atoms with Crippen molar-refractivity contribution in [3.05, 3.63) is 72.3 Å². The van der Waals surface area contributed by atoms with E-state index in [0.717, 1.165) is 23.3 Å². The lowest BCUT2D eigenvalue weighted by atomic mass is 10.0. The van der Waals surface area contributed by atoms with Crippen molar-refractivity contribution in [2.24, 2.45) is 0 Å². The van der Waals surface area contributed by atoms with Gasteiger partial charge in [-0.15, -0.1) is 0 Å². The highest BCUT2D eigenvalue weighted by Gasteiger charge is 2.41. The third-order valence-electron chi connectivity index (χ3n) is 4.80. The molecule has 1 aliphatic rings. The van der Waals surface area contributed by atoms with Gasteiger partial charge in [-0.25, -0.2) is 8.42 Å². The lowest BCUT2D eigenvalue weighted by Crippen LogP contribution is -2.29. The van der Waals surface area contributed by atoms with Gasteiger partial charge in [0.2, 0.25) is 10.0 Å². The normalized spacial score (nSPS) is 18.9. The molecular formula is C20H21N5O3S2. The summed E-state index contributed by atoms with van der Waals surface area (Å²) in [7, 11) is -1.95. The number of benzene rings is 1. The predicted octanol–water partition coefficient (Wildman–Crippen LogP) is 2.97. The molecule has 1 fully saturated rings. The first kappa shape index (κ1) is 20.2. The molecule has 3 heterocycles. The van der Waals surface area contributed by atoms with Crippen molar-refractivity contribution in [3.63, 3.8) is 0 Å². The van der Waals surface area contributed by atoms with Crippen LogP contribution < -0.4 is 19.7 Å². The van der Waals surface area contributed by atoms with E-state index in [4.69, 9.17) is 17.0 Å². The van der Waals surface area contributed by atoms with Gasteiger partial charge < -0.3 is 19.9 Å². The van der Waals surface area contributed by atoms with Gasteiger partial charge in [-0.3, -0.25) is 9.71 Å². The first-order valence-electron chi connectivity index (χ1n) is 9.17. The Balaban J connectivity index is 1.78. The summed E-state index contributed by atoms with van der Waals surface area (Å²) in [6.07, 6.45) is 4.71. The van der Waals surface area contributed by atoms with Crippen molar-refractivity contribution >= 4 is 38.7 Å². The number of sulfonamides is 1. The number of nitrogens with zero attached hydrogens (tertiary/aromatic N) is 2. The van der Waals surface area contributed by atoms with Gasteiger partial charge >= 0.3 is 0 Å². The quantitative estimate of drug-likeness (QED) is 0.504. The number of nitrogens with one attached hydrogen (secondary N) is 3. The highest BCUT2D eigenvalue weighted by Crippen LogP contribution is 2.42. The summed E-state index contributed by atoms with van der Waals surface area (Å²) in [6, 6.07) is 14.6. The number of anilines is 2. The zero-order chi connectivity index (χ0) is 21.3. The zero-order valence-electron chi connectivity index (χ0n) is 16.4. The topological polar surface area (TPSA) is 99.3 Å². The first-order chi connectivity index (χ1) is 14.4. The van der Waals surface area contributed by atoms with Crippen molar-refractivity contribution in [2.75, 3.05) is 23.0 Å². The van der Waals surface area contributed by atoms with E-state index in [1.807, 2.05) is 41.4 Å². The number of ether oxygens (including phenoxy) is 1. The third-order valence-corrected chi connectivity index (χ3v) is 5.70. The molecule has 1 aromatic carbocycles. The maximum absolute atomic E-state index is 11.7. The maximum atomic E-state index is 11.7. The number of hydrogen-bond acceptors (Lipinski definition) is 5. The number of rotatable bonds is 6. The smallest absolute Gasteiger partial charge is 0.229 e. The second-order valence-corrected chi connectivity index (χ2v) is 9.02. The maximum Gasteiger partial charge on any atom is 0.229 e. The Bertz CT molecular complexity index is 1150. The number of H-pyrrole nitrogens is 1. The largest absolute Gasteiger partial charge is 0.494 e. The summed E-state index contributed by atoms with van der Waals surface area (Å²) in [5.41, 5.74) is 2.96. The Morgan fingerprint density at radius 1 is 1.20 bits per heavy atom. The minimum Gasteiger partial charge on any atom is -0.494 e. The molecule has 3 N–H and O–H groups in total. The van der Waals surface area contributed by atoms with E-state index in [2.05, 4.69) is 20.0 Å². The van der Waals surface area contributed by atoms with Crippen LogP contribution in [0.1, 0.15) is 23.5 Å². The second kappa shape index (κ2) is 7.96. The Labute approximate surface area is 180 Å². The molecule has 2 atom stereocenters. The molecule has 0 bridgehead atoms. The van der Waals surface area contributed by atoms with E-state index in [0.29, 0.717) is 16.5 Å². The molecule has 156 valence electrons. The molecule has 0 unspecified atom stereocenters. The minimum absolute atomic E-state index is 0.169. The van der Waals surface area contributed by atoms with Crippen molar-refractivity contribution < 1.29 is 13.2 Å². The van der Waals surface area contributed by atoms with Crippen molar-refractivity contribution in [1.82, 2.24) is 15.3 Å². The van der Waals surface area contributed by atoms with Crippen LogP contribution in [-0.2, 0) is 10.0 Å². The lowest BCUT2D eigenvalue weighted by Gasteiger charge is -2.27. The van der Waals surface area contributed by atoms with Gasteiger partial charge in [0.25, 0.3) is 0 Å². The molecule has 1 aliphatic heterocycles. The number of pyridine rings is 1. The lowest BCUT2D eigenvalue weighted by molar-refractivity contribution is 0.417. The molecule has 10 heteroatoms. The van der Waals surface area contributed by atoms with Gasteiger partial charge in [0.1, 0.15) is 11.8 Å². The number of methoxy groups -OCH3 is 1. The molecule has 0 aliphatic carbocycles. The number of hydrogen-bond donors (Lipinski definition) is 3. The van der Waals surface area contributed by atoms with Crippen LogP contribution in [-0.4, -0.2) is 36.9 Å². The highest BCUT2D eigenvalue weighted by molar-refractivity contribution is 7.92. The Kier molecular flexibility index (Phi) is 5.35. The van der Waals surface area contributed by atoms with E-state index in [-0.39, 0.29) is 12.1 Å². The molecule has 8 nitrogen and oxygen atoms in total. The minimum atomic E-state index is -3.44. The summed E-state index contributed by atoms with van der Waals surface area (Å²) in [5.74, 6) is 0.396. The summed E-state index contributed by atoms with van der Waals surface area (Å²) in [4.78, 5) is 9.77. The number of thiocarbonyl (C=S) groups is 1. The summed E-state index contributed by atoms with van der Waals surface area (Å²) in [5, 5.41) is 3.91. The van der Waals surface area contributed by atoms with E-state index in [1.165, 1.54) is 7.11 Å². The zero-order valence-corrected chi connectivity index (χ0v) is 18.0. The van der Waals surface area contributed by atoms with Crippen molar-refractivity contribution in [2.45, 2.75) is 12.1 Å². The monoisotopic (exact) mass is 443 g/mol. The molecule has 4 rings (SSSR count). The summed E-state index contributed by atoms with van der Waals surface area (Å²) in [6.45, 7) is 0. The Morgan fingerprint density at radius 2 is 2.03 bits per heavy atom. The van der Waals surface area contributed by atoms with Crippen LogP contribution >= 0.6 is 12.2 Å². The molecule has 2 aromatic heterocycles. The molecule has 30 heavy (non-hydrogen) atoms. The van der Waals surface area contributed by atoms with Gasteiger partial charge in [0, 0.05) is 29.8 Å². The summed E-state index contributed by atoms with van der Waals surface area (Å²) < 4.78 is 31.2. The van der Waals surface area contributed by atoms with Gasteiger partial charge in [-0.2, -0.15) is 0 Å². The Morgan fingerprint density at radius 3 is 2.67 bits per heavy atom. The standard InChI is InChI=1S/C20H21N5O3S2/c1-28-17-12-13(8-9-14(17)24-30(2,26)27)25-19(16-7-5-11-22-16)18(23-20(25)29)15-6-3-4-10-21-15/h3-12,18-19,22,24H,1-2H3,(H,23,29)/t18-,19+/m0/s1. The van der Waals surface area contributed by atoms with E-state index in [9.17, 15) is 8.42 Å². The van der Waals surface area contributed by atoms with Crippen molar-refractivity contribution in [1.29, 1.82) is 0 Å². The van der Waals surface area contributed by atoms with Crippen LogP contribution in [0.25, 0.3) is 0 Å².